The number of hydrogen-bond acceptors (Lipinski definition) is 1. The number of thiol groups is 1. The van der Waals surface area contributed by atoms with Gasteiger partial charge in [-0.05, 0) is 37.1 Å². The summed E-state index contributed by atoms with van der Waals surface area (Å²) in [4.78, 5) is 0.963. The Kier molecular flexibility index (Phi) is 2.27. The highest BCUT2D eigenvalue weighted by Crippen LogP contribution is 2.21. The molecule has 0 bridgehead atoms. The summed E-state index contributed by atoms with van der Waals surface area (Å²) in [5, 5.41) is 0.758. The molecule has 0 nitrogen and oxygen atoms in total. The largest absolute Gasteiger partial charge is 0.143 e. The average molecular weight is 173 g/mol. The van der Waals surface area contributed by atoms with Gasteiger partial charge in [0, 0.05) is 9.92 Å². The molecule has 0 heterocycles. The predicted molar refractivity (Wildman–Crippen MR) is 48.2 cm³/mol. The van der Waals surface area contributed by atoms with Crippen LogP contribution in [0.1, 0.15) is 11.1 Å². The lowest BCUT2D eigenvalue weighted by Crippen LogP contribution is -1.81. The minimum absolute atomic E-state index is 0.758. The van der Waals surface area contributed by atoms with E-state index in [2.05, 4.69) is 12.6 Å². The van der Waals surface area contributed by atoms with E-state index < -0.39 is 0 Å². The number of halogens is 1. The van der Waals surface area contributed by atoms with Crippen molar-refractivity contribution < 1.29 is 0 Å². The Morgan fingerprint density at radius 3 is 2.40 bits per heavy atom. The molecule has 1 aromatic carbocycles. The van der Waals surface area contributed by atoms with Gasteiger partial charge in [0.1, 0.15) is 0 Å². The molecule has 1 rings (SSSR count). The highest BCUT2D eigenvalue weighted by atomic mass is 35.5. The lowest BCUT2D eigenvalue weighted by Gasteiger charge is -2.02. The molecule has 0 aliphatic rings. The molecule has 0 unspecified atom stereocenters. The van der Waals surface area contributed by atoms with E-state index in [1.54, 1.807) is 0 Å². The zero-order chi connectivity index (χ0) is 7.72. The third-order valence-electron chi connectivity index (χ3n) is 1.60. The summed E-state index contributed by atoms with van der Waals surface area (Å²) in [5.41, 5.74) is 2.39. The average Bonchev–Trinajstić information content (AvgIpc) is 1.82. The normalized spacial score (nSPS) is 10.0. The van der Waals surface area contributed by atoms with Crippen LogP contribution < -0.4 is 0 Å². The molecule has 0 aromatic heterocycles. The van der Waals surface area contributed by atoms with E-state index in [9.17, 15) is 0 Å². The fourth-order valence-electron chi connectivity index (χ4n) is 0.798. The van der Waals surface area contributed by atoms with Crippen molar-refractivity contribution in [3.8, 4) is 0 Å². The second-order valence-corrected chi connectivity index (χ2v) is 3.29. The van der Waals surface area contributed by atoms with E-state index >= 15 is 0 Å². The Balaban J connectivity index is 3.31. The fourth-order valence-corrected chi connectivity index (χ4v) is 1.46. The van der Waals surface area contributed by atoms with Crippen LogP contribution in [0.25, 0.3) is 0 Å². The van der Waals surface area contributed by atoms with Crippen LogP contribution in [-0.2, 0) is 0 Å². The maximum atomic E-state index is 5.77. The van der Waals surface area contributed by atoms with Gasteiger partial charge in [0.05, 0.1) is 0 Å². The van der Waals surface area contributed by atoms with Crippen molar-refractivity contribution >= 4 is 24.2 Å². The van der Waals surface area contributed by atoms with Crippen LogP contribution >= 0.6 is 24.2 Å². The second-order valence-electron chi connectivity index (χ2n) is 2.37. The van der Waals surface area contributed by atoms with E-state index in [-0.39, 0.29) is 0 Å². The first-order chi connectivity index (χ1) is 4.61. The molecular formula is C8H9ClS. The Morgan fingerprint density at radius 1 is 1.30 bits per heavy atom. The summed E-state index contributed by atoms with van der Waals surface area (Å²) >= 11 is 10.0. The highest BCUT2D eigenvalue weighted by Gasteiger charge is 1.98. The van der Waals surface area contributed by atoms with Gasteiger partial charge in [-0.2, -0.15) is 0 Å². The molecule has 1 aromatic rings. The van der Waals surface area contributed by atoms with Gasteiger partial charge in [0.2, 0.25) is 0 Å². The summed E-state index contributed by atoms with van der Waals surface area (Å²) in [6.07, 6.45) is 0. The smallest absolute Gasteiger partial charge is 0.0419 e. The Labute approximate surface area is 71.6 Å². The van der Waals surface area contributed by atoms with Gasteiger partial charge in [-0.15, -0.1) is 12.6 Å². The first-order valence-electron chi connectivity index (χ1n) is 3.07. The molecule has 0 saturated carbocycles. The van der Waals surface area contributed by atoms with E-state index in [1.807, 2.05) is 26.0 Å². The standard InChI is InChI=1S/C8H9ClS/c1-5-3-7(9)4-8(10)6(5)2/h3-4,10H,1-2H3. The molecule has 10 heavy (non-hydrogen) atoms. The minimum atomic E-state index is 0.758. The zero-order valence-electron chi connectivity index (χ0n) is 5.98. The molecule has 0 amide bonds. The summed E-state index contributed by atoms with van der Waals surface area (Å²) in [7, 11) is 0. The summed E-state index contributed by atoms with van der Waals surface area (Å²) in [6.45, 7) is 4.06. The van der Waals surface area contributed by atoms with Crippen LogP contribution in [0.2, 0.25) is 5.02 Å². The molecule has 0 atom stereocenters. The molecule has 0 aliphatic heterocycles. The fraction of sp³-hybridized carbons (Fsp3) is 0.250. The quantitative estimate of drug-likeness (QED) is 0.571. The monoisotopic (exact) mass is 172 g/mol. The molecule has 0 radical (unpaired) electrons. The third-order valence-corrected chi connectivity index (χ3v) is 2.29. The van der Waals surface area contributed by atoms with Crippen molar-refractivity contribution in [2.24, 2.45) is 0 Å². The molecular weight excluding hydrogens is 164 g/mol. The van der Waals surface area contributed by atoms with Crippen molar-refractivity contribution in [3.05, 3.63) is 28.3 Å². The summed E-state index contributed by atoms with van der Waals surface area (Å²) < 4.78 is 0. The number of rotatable bonds is 0. The van der Waals surface area contributed by atoms with Gasteiger partial charge in [-0.3, -0.25) is 0 Å². The SMILES string of the molecule is Cc1cc(Cl)cc(S)c1C. The van der Waals surface area contributed by atoms with Crippen LogP contribution in [0.4, 0.5) is 0 Å². The van der Waals surface area contributed by atoms with E-state index in [4.69, 9.17) is 11.6 Å². The predicted octanol–water partition coefficient (Wildman–Crippen LogP) is 3.25. The molecule has 54 valence electrons. The Morgan fingerprint density at radius 2 is 1.90 bits per heavy atom. The van der Waals surface area contributed by atoms with Crippen molar-refractivity contribution in [2.75, 3.05) is 0 Å². The number of aryl methyl sites for hydroxylation is 1. The maximum Gasteiger partial charge on any atom is 0.0419 e. The van der Waals surface area contributed by atoms with Gasteiger partial charge in [-0.25, -0.2) is 0 Å². The molecule has 0 N–H and O–H groups in total. The number of benzene rings is 1. The second kappa shape index (κ2) is 2.85. The van der Waals surface area contributed by atoms with Crippen LogP contribution in [0, 0.1) is 13.8 Å². The molecule has 0 saturated heterocycles. The first-order valence-corrected chi connectivity index (χ1v) is 3.89. The van der Waals surface area contributed by atoms with E-state index in [0.29, 0.717) is 0 Å². The van der Waals surface area contributed by atoms with Gasteiger partial charge < -0.3 is 0 Å². The maximum absolute atomic E-state index is 5.77. The molecule has 0 aliphatic carbocycles. The van der Waals surface area contributed by atoms with E-state index in [0.717, 1.165) is 9.92 Å². The topological polar surface area (TPSA) is 0 Å². The molecule has 2 heteroatoms. The van der Waals surface area contributed by atoms with Crippen molar-refractivity contribution in [1.82, 2.24) is 0 Å². The zero-order valence-corrected chi connectivity index (χ0v) is 7.63. The number of hydrogen-bond donors (Lipinski definition) is 1. The van der Waals surface area contributed by atoms with Crippen LogP contribution in [0.3, 0.4) is 0 Å². The van der Waals surface area contributed by atoms with Crippen LogP contribution in [-0.4, -0.2) is 0 Å². The van der Waals surface area contributed by atoms with E-state index in [1.165, 1.54) is 11.1 Å². The van der Waals surface area contributed by atoms with Gasteiger partial charge in [0.15, 0.2) is 0 Å². The van der Waals surface area contributed by atoms with Crippen molar-refractivity contribution in [1.29, 1.82) is 0 Å². The summed E-state index contributed by atoms with van der Waals surface area (Å²) in [6, 6.07) is 3.80. The molecule has 0 fully saturated rings. The first kappa shape index (κ1) is 7.96. The molecule has 0 spiro atoms. The highest BCUT2D eigenvalue weighted by molar-refractivity contribution is 7.80. The minimum Gasteiger partial charge on any atom is -0.143 e. The Hall–Kier alpha value is -0.140. The lowest BCUT2D eigenvalue weighted by molar-refractivity contribution is 1.24. The third kappa shape index (κ3) is 1.47. The summed E-state index contributed by atoms with van der Waals surface area (Å²) in [5.74, 6) is 0. The van der Waals surface area contributed by atoms with Gasteiger partial charge in [-0.1, -0.05) is 11.6 Å². The Bertz CT molecular complexity index is 232. The van der Waals surface area contributed by atoms with Gasteiger partial charge >= 0.3 is 0 Å². The van der Waals surface area contributed by atoms with Crippen LogP contribution in [0.15, 0.2) is 17.0 Å². The van der Waals surface area contributed by atoms with Gasteiger partial charge in [0.25, 0.3) is 0 Å². The van der Waals surface area contributed by atoms with Crippen molar-refractivity contribution in [2.45, 2.75) is 18.7 Å². The van der Waals surface area contributed by atoms with Crippen molar-refractivity contribution in [3.63, 3.8) is 0 Å². The lowest BCUT2D eigenvalue weighted by atomic mass is 10.1. The van der Waals surface area contributed by atoms with Crippen LogP contribution in [0.5, 0.6) is 0 Å².